The Labute approximate surface area is 208 Å². The summed E-state index contributed by atoms with van der Waals surface area (Å²) in [4.78, 5) is 28.9. The molecular formula is C27H37N3O5. The molecule has 0 radical (unpaired) electrons. The van der Waals surface area contributed by atoms with E-state index in [4.69, 9.17) is 14.2 Å². The molecule has 190 valence electrons. The summed E-state index contributed by atoms with van der Waals surface area (Å²) in [5.74, 6) is 1.11. The van der Waals surface area contributed by atoms with Crippen LogP contribution in [0.1, 0.15) is 36.7 Å². The number of methoxy groups -OCH3 is 2. The van der Waals surface area contributed by atoms with E-state index in [-0.39, 0.29) is 29.9 Å². The van der Waals surface area contributed by atoms with Crippen LogP contribution in [0.3, 0.4) is 0 Å². The standard InChI is InChI=1S/C27H37N3O5/c1-18-14-30(15-21-9-7-8-10-24(21)33-5)19(2)17-35-25-13-22(28-20(3)31)11-12-23(25)27(32)29(4)16-26(18)34-6/h7-13,18-19,26H,14-17H2,1-6H3,(H,28,31)/t18-,19-,26+/m1/s1. The van der Waals surface area contributed by atoms with E-state index in [1.54, 1.807) is 44.4 Å². The number of hydrogen-bond donors (Lipinski definition) is 1. The number of rotatable bonds is 5. The summed E-state index contributed by atoms with van der Waals surface area (Å²) in [7, 11) is 5.14. The zero-order chi connectivity index (χ0) is 25.5. The van der Waals surface area contributed by atoms with Gasteiger partial charge in [0.2, 0.25) is 5.91 Å². The van der Waals surface area contributed by atoms with Gasteiger partial charge in [-0.1, -0.05) is 25.1 Å². The molecule has 35 heavy (non-hydrogen) atoms. The van der Waals surface area contributed by atoms with Gasteiger partial charge < -0.3 is 24.4 Å². The van der Waals surface area contributed by atoms with Gasteiger partial charge in [-0.15, -0.1) is 0 Å². The number of likely N-dealkylation sites (N-methyl/N-ethyl adjacent to an activating group) is 1. The molecule has 0 spiro atoms. The molecular weight excluding hydrogens is 446 g/mol. The number of nitrogens with one attached hydrogen (secondary N) is 1. The number of carbonyl (C=O) groups excluding carboxylic acids is 2. The summed E-state index contributed by atoms with van der Waals surface area (Å²) in [6.07, 6.45) is -0.140. The van der Waals surface area contributed by atoms with Crippen molar-refractivity contribution in [2.75, 3.05) is 46.3 Å². The van der Waals surface area contributed by atoms with Crippen LogP contribution in [-0.4, -0.2) is 74.7 Å². The highest BCUT2D eigenvalue weighted by atomic mass is 16.5. The fourth-order valence-electron chi connectivity index (χ4n) is 4.40. The van der Waals surface area contributed by atoms with Gasteiger partial charge in [-0.25, -0.2) is 0 Å². The first-order chi connectivity index (χ1) is 16.7. The molecule has 0 fully saturated rings. The van der Waals surface area contributed by atoms with Crippen LogP contribution in [0, 0.1) is 5.92 Å². The minimum absolute atomic E-state index is 0.0319. The molecule has 1 N–H and O–H groups in total. The van der Waals surface area contributed by atoms with Crippen molar-refractivity contribution < 1.29 is 23.8 Å². The molecule has 3 atom stereocenters. The molecule has 8 nitrogen and oxygen atoms in total. The van der Waals surface area contributed by atoms with Crippen molar-refractivity contribution in [3.05, 3.63) is 53.6 Å². The van der Waals surface area contributed by atoms with Crippen molar-refractivity contribution in [3.8, 4) is 11.5 Å². The zero-order valence-corrected chi connectivity index (χ0v) is 21.5. The first-order valence-corrected chi connectivity index (χ1v) is 11.9. The predicted molar refractivity (Wildman–Crippen MR) is 136 cm³/mol. The second-order valence-corrected chi connectivity index (χ2v) is 9.23. The van der Waals surface area contributed by atoms with Gasteiger partial charge in [0, 0.05) is 64.1 Å². The Balaban J connectivity index is 1.97. The molecule has 0 saturated carbocycles. The Morgan fingerprint density at radius 3 is 2.57 bits per heavy atom. The van der Waals surface area contributed by atoms with E-state index in [9.17, 15) is 9.59 Å². The lowest BCUT2D eigenvalue weighted by Crippen LogP contribution is -2.46. The van der Waals surface area contributed by atoms with Crippen molar-refractivity contribution in [3.63, 3.8) is 0 Å². The number of fused-ring (bicyclic) bond motifs is 1. The summed E-state index contributed by atoms with van der Waals surface area (Å²) >= 11 is 0. The van der Waals surface area contributed by atoms with Gasteiger partial charge in [0.1, 0.15) is 18.1 Å². The summed E-state index contributed by atoms with van der Waals surface area (Å²) in [5.41, 5.74) is 2.13. The number of carbonyl (C=O) groups is 2. The maximum atomic E-state index is 13.3. The van der Waals surface area contributed by atoms with E-state index in [0.29, 0.717) is 36.7 Å². The van der Waals surface area contributed by atoms with Crippen molar-refractivity contribution in [1.82, 2.24) is 9.80 Å². The van der Waals surface area contributed by atoms with Crippen molar-refractivity contribution in [1.29, 1.82) is 0 Å². The maximum absolute atomic E-state index is 13.3. The molecule has 0 aliphatic carbocycles. The fraction of sp³-hybridized carbons (Fsp3) is 0.481. The van der Waals surface area contributed by atoms with Crippen LogP contribution < -0.4 is 14.8 Å². The van der Waals surface area contributed by atoms with Crippen molar-refractivity contribution >= 4 is 17.5 Å². The van der Waals surface area contributed by atoms with Crippen LogP contribution in [0.5, 0.6) is 11.5 Å². The molecule has 0 saturated heterocycles. The third-order valence-corrected chi connectivity index (χ3v) is 6.46. The number of amides is 2. The third kappa shape index (κ3) is 6.74. The number of hydrogen-bond acceptors (Lipinski definition) is 6. The first-order valence-electron chi connectivity index (χ1n) is 11.9. The largest absolute Gasteiger partial charge is 0.496 e. The van der Waals surface area contributed by atoms with E-state index in [0.717, 1.165) is 17.9 Å². The molecule has 8 heteroatoms. The predicted octanol–water partition coefficient (Wildman–Crippen LogP) is 3.66. The molecule has 0 unspecified atom stereocenters. The second-order valence-electron chi connectivity index (χ2n) is 9.23. The number of benzene rings is 2. The Morgan fingerprint density at radius 2 is 1.89 bits per heavy atom. The number of ether oxygens (including phenoxy) is 3. The fourth-order valence-corrected chi connectivity index (χ4v) is 4.40. The van der Waals surface area contributed by atoms with Gasteiger partial charge in [-0.3, -0.25) is 14.5 Å². The molecule has 1 heterocycles. The van der Waals surface area contributed by atoms with Crippen LogP contribution in [0.2, 0.25) is 0 Å². The van der Waals surface area contributed by atoms with Crippen LogP contribution >= 0.6 is 0 Å². The molecule has 1 aliphatic heterocycles. The van der Waals surface area contributed by atoms with Crippen LogP contribution in [-0.2, 0) is 16.1 Å². The van der Waals surface area contributed by atoms with Crippen LogP contribution in [0.15, 0.2) is 42.5 Å². The third-order valence-electron chi connectivity index (χ3n) is 6.46. The number of nitrogens with zero attached hydrogens (tertiary/aromatic N) is 2. The van der Waals surface area contributed by atoms with Crippen LogP contribution in [0.4, 0.5) is 5.69 Å². The van der Waals surface area contributed by atoms with Gasteiger partial charge in [0.15, 0.2) is 0 Å². The van der Waals surface area contributed by atoms with Crippen molar-refractivity contribution in [2.45, 2.75) is 39.5 Å². The summed E-state index contributed by atoms with van der Waals surface area (Å²) < 4.78 is 17.6. The minimum atomic E-state index is -0.185. The monoisotopic (exact) mass is 483 g/mol. The lowest BCUT2D eigenvalue weighted by atomic mass is 10.0. The number of para-hydroxylation sites is 1. The van der Waals surface area contributed by atoms with E-state index in [2.05, 4.69) is 30.1 Å². The molecule has 0 aromatic heterocycles. The van der Waals surface area contributed by atoms with Crippen LogP contribution in [0.25, 0.3) is 0 Å². The second kappa shape index (κ2) is 12.0. The zero-order valence-electron chi connectivity index (χ0n) is 21.5. The Hall–Kier alpha value is -3.10. The van der Waals surface area contributed by atoms with Gasteiger partial charge in [0.25, 0.3) is 5.91 Å². The van der Waals surface area contributed by atoms with Gasteiger partial charge >= 0.3 is 0 Å². The van der Waals surface area contributed by atoms with Gasteiger partial charge in [0.05, 0.1) is 18.8 Å². The first kappa shape index (κ1) is 26.5. The van der Waals surface area contributed by atoms with Gasteiger partial charge in [-0.05, 0) is 31.0 Å². The maximum Gasteiger partial charge on any atom is 0.257 e. The van der Waals surface area contributed by atoms with E-state index >= 15 is 0 Å². The quantitative estimate of drug-likeness (QED) is 0.699. The normalized spacial score (nSPS) is 21.8. The van der Waals surface area contributed by atoms with E-state index < -0.39 is 0 Å². The molecule has 3 rings (SSSR count). The Bertz CT molecular complexity index is 1030. The van der Waals surface area contributed by atoms with Crippen molar-refractivity contribution in [2.24, 2.45) is 5.92 Å². The summed E-state index contributed by atoms with van der Waals surface area (Å²) in [6.45, 7) is 7.96. The highest BCUT2D eigenvalue weighted by molar-refractivity contribution is 5.98. The van der Waals surface area contributed by atoms with E-state index in [1.807, 2.05) is 18.2 Å². The Kier molecular flexibility index (Phi) is 9.12. The lowest BCUT2D eigenvalue weighted by molar-refractivity contribution is -0.114. The summed E-state index contributed by atoms with van der Waals surface area (Å²) in [5, 5.41) is 2.77. The minimum Gasteiger partial charge on any atom is -0.496 e. The molecule has 2 amide bonds. The summed E-state index contributed by atoms with van der Waals surface area (Å²) in [6, 6.07) is 13.2. The number of anilines is 1. The molecule has 1 aliphatic rings. The molecule has 2 aromatic rings. The highest BCUT2D eigenvalue weighted by Crippen LogP contribution is 2.28. The smallest absolute Gasteiger partial charge is 0.257 e. The highest BCUT2D eigenvalue weighted by Gasteiger charge is 2.28. The van der Waals surface area contributed by atoms with E-state index in [1.165, 1.54) is 6.92 Å². The molecule has 0 bridgehead atoms. The SMILES string of the molecule is COc1ccccc1CN1C[C@@H](C)[C@@H](OC)CN(C)C(=O)c2ccc(NC(C)=O)cc2OC[C@H]1C. The Morgan fingerprint density at radius 1 is 1.14 bits per heavy atom. The van der Waals surface area contributed by atoms with Gasteiger partial charge in [-0.2, -0.15) is 0 Å². The molecule has 2 aromatic carbocycles. The average Bonchev–Trinajstić information content (AvgIpc) is 2.84. The average molecular weight is 484 g/mol. The topological polar surface area (TPSA) is 80.3 Å². The lowest BCUT2D eigenvalue weighted by Gasteiger charge is -2.36.